The number of esters is 1. The van der Waals surface area contributed by atoms with E-state index in [0.717, 1.165) is 59.8 Å². The van der Waals surface area contributed by atoms with E-state index >= 15 is 0 Å². The average Bonchev–Trinajstić information content (AvgIpc) is 3.01. The van der Waals surface area contributed by atoms with Gasteiger partial charge in [0, 0.05) is 24.1 Å². The SMILES string of the molecule is CCC(=O)Oc1ccc2c(c1)CCC(c1cccc(OC)c1)=C2C(=O)c1ccc(OCCN2CCCCC2)cc1. The molecule has 0 aromatic heterocycles. The number of benzene rings is 3. The fourth-order valence-corrected chi connectivity index (χ4v) is 5.52. The van der Waals surface area contributed by atoms with Crippen LogP contribution < -0.4 is 14.2 Å². The van der Waals surface area contributed by atoms with Crippen LogP contribution in [-0.2, 0) is 11.2 Å². The van der Waals surface area contributed by atoms with Crippen LogP contribution in [-0.4, -0.2) is 50.0 Å². The Morgan fingerprint density at radius 3 is 2.38 bits per heavy atom. The van der Waals surface area contributed by atoms with Gasteiger partial charge in [0.25, 0.3) is 0 Å². The highest BCUT2D eigenvalue weighted by molar-refractivity contribution is 6.35. The minimum absolute atomic E-state index is 0.0445. The van der Waals surface area contributed by atoms with Crippen molar-refractivity contribution in [3.8, 4) is 17.2 Å². The van der Waals surface area contributed by atoms with Crippen molar-refractivity contribution in [2.45, 2.75) is 45.4 Å². The number of methoxy groups -OCH3 is 1. The molecule has 1 aliphatic carbocycles. The molecule has 0 spiro atoms. The number of piperidine rings is 1. The number of carbonyl (C=O) groups is 2. The monoisotopic (exact) mass is 539 g/mol. The van der Waals surface area contributed by atoms with Crippen LogP contribution in [0.2, 0.25) is 0 Å². The average molecular weight is 540 g/mol. The molecule has 3 aromatic carbocycles. The first-order valence-electron chi connectivity index (χ1n) is 14.3. The van der Waals surface area contributed by atoms with Gasteiger partial charge < -0.3 is 14.2 Å². The zero-order valence-electron chi connectivity index (χ0n) is 23.4. The van der Waals surface area contributed by atoms with E-state index in [-0.39, 0.29) is 11.8 Å². The molecule has 6 heteroatoms. The van der Waals surface area contributed by atoms with Crippen molar-refractivity contribution in [3.63, 3.8) is 0 Å². The first-order chi connectivity index (χ1) is 19.6. The van der Waals surface area contributed by atoms with Crippen molar-refractivity contribution in [1.29, 1.82) is 0 Å². The van der Waals surface area contributed by atoms with Crippen LogP contribution >= 0.6 is 0 Å². The van der Waals surface area contributed by atoms with E-state index in [2.05, 4.69) is 4.90 Å². The summed E-state index contributed by atoms with van der Waals surface area (Å²) in [6.07, 6.45) is 5.57. The van der Waals surface area contributed by atoms with Crippen molar-refractivity contribution in [1.82, 2.24) is 4.90 Å². The van der Waals surface area contributed by atoms with Crippen molar-refractivity contribution in [2.24, 2.45) is 0 Å². The van der Waals surface area contributed by atoms with Gasteiger partial charge in [-0.2, -0.15) is 0 Å². The number of fused-ring (bicyclic) bond motifs is 1. The maximum atomic E-state index is 14.1. The third kappa shape index (κ3) is 6.45. The molecule has 3 aromatic rings. The summed E-state index contributed by atoms with van der Waals surface area (Å²) in [4.78, 5) is 28.4. The predicted molar refractivity (Wildman–Crippen MR) is 157 cm³/mol. The molecule has 0 unspecified atom stereocenters. The number of ether oxygens (including phenoxy) is 3. The molecule has 40 heavy (non-hydrogen) atoms. The number of rotatable bonds is 10. The fourth-order valence-electron chi connectivity index (χ4n) is 5.52. The first-order valence-corrected chi connectivity index (χ1v) is 14.3. The highest BCUT2D eigenvalue weighted by atomic mass is 16.5. The Labute approximate surface area is 236 Å². The molecule has 0 N–H and O–H groups in total. The molecule has 1 fully saturated rings. The van der Waals surface area contributed by atoms with E-state index in [1.54, 1.807) is 20.1 Å². The lowest BCUT2D eigenvalue weighted by atomic mass is 9.79. The van der Waals surface area contributed by atoms with Crippen molar-refractivity contribution in [3.05, 3.63) is 89.0 Å². The molecule has 2 aliphatic rings. The lowest BCUT2D eigenvalue weighted by Gasteiger charge is -2.26. The predicted octanol–water partition coefficient (Wildman–Crippen LogP) is 6.62. The number of ketones is 1. The second kappa shape index (κ2) is 13.0. The minimum atomic E-state index is -0.280. The zero-order valence-corrected chi connectivity index (χ0v) is 23.4. The molecule has 1 heterocycles. The summed E-state index contributed by atoms with van der Waals surface area (Å²) in [6.45, 7) is 5.61. The van der Waals surface area contributed by atoms with E-state index < -0.39 is 0 Å². The second-order valence-electron chi connectivity index (χ2n) is 10.3. The molecular formula is C34H37NO5. The standard InChI is InChI=1S/C34H37NO5/c1-3-32(36)40-29-15-17-31-26(23-29)12-16-30(25-8-7-9-28(22-25)38-2)33(31)34(37)24-10-13-27(14-11-24)39-21-20-35-18-5-4-6-19-35/h7-11,13-15,17,22-23H,3-6,12,16,18-21H2,1-2H3. The number of nitrogens with zero attached hydrogens (tertiary/aromatic N) is 1. The van der Waals surface area contributed by atoms with Gasteiger partial charge in [-0.15, -0.1) is 0 Å². The smallest absolute Gasteiger partial charge is 0.310 e. The Kier molecular flexibility index (Phi) is 8.97. The van der Waals surface area contributed by atoms with Crippen LogP contribution in [0, 0.1) is 0 Å². The van der Waals surface area contributed by atoms with Gasteiger partial charge in [0.15, 0.2) is 5.78 Å². The van der Waals surface area contributed by atoms with Crippen LogP contribution in [0.3, 0.4) is 0 Å². The Bertz CT molecular complexity index is 1390. The summed E-state index contributed by atoms with van der Waals surface area (Å²) in [5.41, 5.74) is 5.08. The lowest BCUT2D eigenvalue weighted by molar-refractivity contribution is -0.134. The molecule has 0 atom stereocenters. The number of hydrogen-bond acceptors (Lipinski definition) is 6. The maximum Gasteiger partial charge on any atom is 0.310 e. The van der Waals surface area contributed by atoms with Gasteiger partial charge in [0.05, 0.1) is 7.11 Å². The van der Waals surface area contributed by atoms with Crippen LogP contribution in [0.4, 0.5) is 0 Å². The van der Waals surface area contributed by atoms with Crippen molar-refractivity contribution in [2.75, 3.05) is 33.4 Å². The second-order valence-corrected chi connectivity index (χ2v) is 10.3. The summed E-state index contributed by atoms with van der Waals surface area (Å²) in [6, 6.07) is 20.9. The fraction of sp³-hybridized carbons (Fsp3) is 0.353. The molecule has 208 valence electrons. The van der Waals surface area contributed by atoms with Gasteiger partial charge in [-0.05, 0) is 110 Å². The lowest BCUT2D eigenvalue weighted by Crippen LogP contribution is -2.33. The molecule has 0 saturated carbocycles. The molecule has 6 nitrogen and oxygen atoms in total. The largest absolute Gasteiger partial charge is 0.497 e. The number of likely N-dealkylation sites (tertiary alicyclic amines) is 1. The van der Waals surface area contributed by atoms with Crippen molar-refractivity contribution < 1.29 is 23.8 Å². The van der Waals surface area contributed by atoms with Crippen LogP contribution in [0.15, 0.2) is 66.7 Å². The minimum Gasteiger partial charge on any atom is -0.497 e. The third-order valence-electron chi connectivity index (χ3n) is 7.70. The summed E-state index contributed by atoms with van der Waals surface area (Å²) in [5, 5.41) is 0. The maximum absolute atomic E-state index is 14.1. The van der Waals surface area contributed by atoms with Gasteiger partial charge in [0.2, 0.25) is 0 Å². The van der Waals surface area contributed by atoms with E-state index in [9.17, 15) is 9.59 Å². The highest BCUT2D eigenvalue weighted by Crippen LogP contribution is 2.41. The first kappa shape index (κ1) is 27.7. The number of Topliss-reactive ketones (excluding diaryl/α,β-unsaturated/α-hetero) is 1. The molecule has 1 saturated heterocycles. The van der Waals surface area contributed by atoms with E-state index in [0.29, 0.717) is 36.3 Å². The summed E-state index contributed by atoms with van der Waals surface area (Å²) >= 11 is 0. The number of hydrogen-bond donors (Lipinski definition) is 0. The number of allylic oxidation sites excluding steroid dienone is 2. The summed E-state index contributed by atoms with van der Waals surface area (Å²) in [7, 11) is 1.64. The van der Waals surface area contributed by atoms with E-state index in [1.165, 1.54) is 19.3 Å². The molecule has 0 bridgehead atoms. The number of carbonyl (C=O) groups excluding carboxylic acids is 2. The Morgan fingerprint density at radius 2 is 1.62 bits per heavy atom. The zero-order chi connectivity index (χ0) is 27.9. The quantitative estimate of drug-likeness (QED) is 0.164. The van der Waals surface area contributed by atoms with Gasteiger partial charge in [-0.25, -0.2) is 0 Å². The normalized spacial score (nSPS) is 15.3. The van der Waals surface area contributed by atoms with Crippen molar-refractivity contribution >= 4 is 22.9 Å². The molecule has 0 radical (unpaired) electrons. The summed E-state index contributed by atoms with van der Waals surface area (Å²) < 4.78 is 16.9. The van der Waals surface area contributed by atoms with Crippen LogP contribution in [0.5, 0.6) is 17.2 Å². The Morgan fingerprint density at radius 1 is 0.850 bits per heavy atom. The molecule has 1 aliphatic heterocycles. The van der Waals surface area contributed by atoms with Crippen LogP contribution in [0.25, 0.3) is 11.1 Å². The van der Waals surface area contributed by atoms with E-state index in [1.807, 2.05) is 60.7 Å². The highest BCUT2D eigenvalue weighted by Gasteiger charge is 2.27. The topological polar surface area (TPSA) is 65.1 Å². The molecule has 5 rings (SSSR count). The van der Waals surface area contributed by atoms with Crippen LogP contribution in [0.1, 0.15) is 66.1 Å². The third-order valence-corrected chi connectivity index (χ3v) is 7.70. The molecular weight excluding hydrogens is 502 g/mol. The van der Waals surface area contributed by atoms with Gasteiger partial charge in [-0.3, -0.25) is 14.5 Å². The van der Waals surface area contributed by atoms with Gasteiger partial charge >= 0.3 is 5.97 Å². The summed E-state index contributed by atoms with van der Waals surface area (Å²) in [5.74, 6) is 1.69. The Hall–Kier alpha value is -3.90. The number of aryl methyl sites for hydroxylation is 1. The Balaban J connectivity index is 1.42. The molecule has 0 amide bonds. The van der Waals surface area contributed by atoms with E-state index in [4.69, 9.17) is 14.2 Å². The van der Waals surface area contributed by atoms with Gasteiger partial charge in [-0.1, -0.05) is 31.5 Å². The van der Waals surface area contributed by atoms with Gasteiger partial charge in [0.1, 0.15) is 23.9 Å².